The third kappa shape index (κ3) is 9.04. The SMILES string of the molecule is CN=C(NCc1ccc(OCC(F)(F)F)cc1)NCc1cccc(OCCOC)c1. The minimum Gasteiger partial charge on any atom is -0.491 e. The number of guanidine groups is 1. The van der Waals surface area contributed by atoms with Crippen molar-refractivity contribution in [1.82, 2.24) is 10.6 Å². The summed E-state index contributed by atoms with van der Waals surface area (Å²) < 4.78 is 51.8. The van der Waals surface area contributed by atoms with E-state index in [4.69, 9.17) is 14.2 Å². The van der Waals surface area contributed by atoms with Crippen molar-refractivity contribution >= 4 is 5.96 Å². The highest BCUT2D eigenvalue weighted by Crippen LogP contribution is 2.19. The second-order valence-electron chi connectivity index (χ2n) is 6.32. The molecule has 6 nitrogen and oxygen atoms in total. The first kappa shape index (κ1) is 23.3. The molecule has 0 aromatic heterocycles. The molecule has 2 aromatic rings. The summed E-state index contributed by atoms with van der Waals surface area (Å²) in [5.74, 6) is 1.53. The first-order valence-electron chi connectivity index (χ1n) is 9.33. The molecule has 30 heavy (non-hydrogen) atoms. The average Bonchev–Trinajstić information content (AvgIpc) is 2.73. The third-order valence-electron chi connectivity index (χ3n) is 3.92. The standard InChI is InChI=1S/C21H26F3N3O3/c1-25-20(27-14-17-4-3-5-19(12-17)29-11-10-28-2)26-13-16-6-8-18(9-7-16)30-15-21(22,23)24/h3-9,12H,10-11,13-15H2,1-2H3,(H2,25,26,27). The molecule has 0 saturated carbocycles. The predicted molar refractivity (Wildman–Crippen MR) is 109 cm³/mol. The number of rotatable bonds is 10. The number of halogens is 3. The molecule has 0 bridgehead atoms. The van der Waals surface area contributed by atoms with Gasteiger partial charge in [0, 0.05) is 27.2 Å². The zero-order chi connectivity index (χ0) is 21.8. The van der Waals surface area contributed by atoms with Crippen LogP contribution in [-0.4, -0.2) is 46.1 Å². The summed E-state index contributed by atoms with van der Waals surface area (Å²) >= 11 is 0. The number of nitrogens with zero attached hydrogens (tertiary/aromatic N) is 1. The first-order valence-corrected chi connectivity index (χ1v) is 9.33. The van der Waals surface area contributed by atoms with Crippen LogP contribution in [0.5, 0.6) is 11.5 Å². The summed E-state index contributed by atoms with van der Waals surface area (Å²) in [7, 11) is 3.28. The van der Waals surface area contributed by atoms with Gasteiger partial charge in [0.25, 0.3) is 0 Å². The lowest BCUT2D eigenvalue weighted by molar-refractivity contribution is -0.153. The van der Waals surface area contributed by atoms with E-state index < -0.39 is 12.8 Å². The molecule has 0 aliphatic carbocycles. The highest BCUT2D eigenvalue weighted by Gasteiger charge is 2.28. The first-order chi connectivity index (χ1) is 14.4. The second-order valence-corrected chi connectivity index (χ2v) is 6.32. The van der Waals surface area contributed by atoms with Crippen LogP contribution in [0.15, 0.2) is 53.5 Å². The topological polar surface area (TPSA) is 64.1 Å². The molecule has 2 aromatic carbocycles. The maximum atomic E-state index is 12.2. The van der Waals surface area contributed by atoms with Crippen LogP contribution in [-0.2, 0) is 17.8 Å². The van der Waals surface area contributed by atoms with Crippen molar-refractivity contribution in [2.75, 3.05) is 34.0 Å². The lowest BCUT2D eigenvalue weighted by Gasteiger charge is -2.13. The summed E-state index contributed by atoms with van der Waals surface area (Å²) in [4.78, 5) is 4.17. The number of aliphatic imine (C=N–C) groups is 1. The van der Waals surface area contributed by atoms with Crippen molar-refractivity contribution in [3.63, 3.8) is 0 Å². The van der Waals surface area contributed by atoms with Crippen molar-refractivity contribution in [1.29, 1.82) is 0 Å². The highest BCUT2D eigenvalue weighted by atomic mass is 19.4. The molecule has 2 rings (SSSR count). The van der Waals surface area contributed by atoms with Gasteiger partial charge in [0.15, 0.2) is 12.6 Å². The Morgan fingerprint density at radius 3 is 2.23 bits per heavy atom. The molecular formula is C21H26F3N3O3. The van der Waals surface area contributed by atoms with Gasteiger partial charge in [0.2, 0.25) is 0 Å². The van der Waals surface area contributed by atoms with E-state index in [9.17, 15) is 13.2 Å². The summed E-state index contributed by atoms with van der Waals surface area (Å²) in [6, 6.07) is 14.1. The molecule has 9 heteroatoms. The molecule has 0 aliphatic rings. The lowest BCUT2D eigenvalue weighted by atomic mass is 10.2. The molecule has 0 atom stereocenters. The molecule has 2 N–H and O–H groups in total. The van der Waals surface area contributed by atoms with Gasteiger partial charge >= 0.3 is 6.18 Å². The smallest absolute Gasteiger partial charge is 0.422 e. The van der Waals surface area contributed by atoms with Crippen molar-refractivity contribution in [3.8, 4) is 11.5 Å². The Balaban J connectivity index is 1.79. The van der Waals surface area contributed by atoms with Crippen LogP contribution in [0.25, 0.3) is 0 Å². The van der Waals surface area contributed by atoms with E-state index >= 15 is 0 Å². The predicted octanol–water partition coefficient (Wildman–Crippen LogP) is 3.52. The Morgan fingerprint density at radius 1 is 0.900 bits per heavy atom. The average molecular weight is 425 g/mol. The van der Waals surface area contributed by atoms with Crippen molar-refractivity contribution in [3.05, 3.63) is 59.7 Å². The van der Waals surface area contributed by atoms with Gasteiger partial charge in [-0.1, -0.05) is 24.3 Å². The third-order valence-corrected chi connectivity index (χ3v) is 3.92. The molecule has 0 spiro atoms. The van der Waals surface area contributed by atoms with E-state index in [1.807, 2.05) is 24.3 Å². The maximum absolute atomic E-state index is 12.2. The Morgan fingerprint density at radius 2 is 1.60 bits per heavy atom. The number of hydrogen-bond donors (Lipinski definition) is 2. The van der Waals surface area contributed by atoms with Crippen LogP contribution in [0, 0.1) is 0 Å². The quantitative estimate of drug-likeness (QED) is 0.347. The van der Waals surface area contributed by atoms with Crippen LogP contribution in [0.3, 0.4) is 0 Å². The molecular weight excluding hydrogens is 399 g/mol. The van der Waals surface area contributed by atoms with E-state index in [1.54, 1.807) is 26.3 Å². The van der Waals surface area contributed by atoms with Gasteiger partial charge in [-0.3, -0.25) is 4.99 Å². The van der Waals surface area contributed by atoms with Crippen molar-refractivity contribution < 1.29 is 27.4 Å². The molecule has 0 amide bonds. The molecule has 0 radical (unpaired) electrons. The second kappa shape index (κ2) is 11.9. The zero-order valence-corrected chi connectivity index (χ0v) is 17.0. The van der Waals surface area contributed by atoms with Crippen molar-refractivity contribution in [2.45, 2.75) is 19.3 Å². The number of benzene rings is 2. The van der Waals surface area contributed by atoms with Crippen LogP contribution < -0.4 is 20.1 Å². The maximum Gasteiger partial charge on any atom is 0.422 e. The fourth-order valence-electron chi connectivity index (χ4n) is 2.45. The van der Waals surface area contributed by atoms with Crippen LogP contribution in [0.4, 0.5) is 13.2 Å². The lowest BCUT2D eigenvalue weighted by Crippen LogP contribution is -2.36. The number of ether oxygens (including phenoxy) is 3. The minimum atomic E-state index is -4.35. The number of alkyl halides is 3. The summed E-state index contributed by atoms with van der Waals surface area (Å²) in [5.41, 5.74) is 1.91. The van der Waals surface area contributed by atoms with E-state index in [2.05, 4.69) is 15.6 Å². The molecule has 0 heterocycles. The fourth-order valence-corrected chi connectivity index (χ4v) is 2.45. The van der Waals surface area contributed by atoms with Gasteiger partial charge in [-0.15, -0.1) is 0 Å². The monoisotopic (exact) mass is 425 g/mol. The van der Waals surface area contributed by atoms with Gasteiger partial charge in [-0.05, 0) is 35.4 Å². The normalized spacial score (nSPS) is 11.8. The van der Waals surface area contributed by atoms with Crippen molar-refractivity contribution in [2.24, 2.45) is 4.99 Å². The van der Waals surface area contributed by atoms with Crippen LogP contribution in [0.2, 0.25) is 0 Å². The van der Waals surface area contributed by atoms with Crippen LogP contribution >= 0.6 is 0 Å². The zero-order valence-electron chi connectivity index (χ0n) is 17.0. The molecule has 164 valence electrons. The Hall–Kier alpha value is -2.94. The number of methoxy groups -OCH3 is 1. The minimum absolute atomic E-state index is 0.172. The Bertz CT molecular complexity index is 796. The Labute approximate surface area is 174 Å². The highest BCUT2D eigenvalue weighted by molar-refractivity contribution is 5.79. The number of nitrogens with one attached hydrogen (secondary N) is 2. The van der Waals surface area contributed by atoms with E-state index in [-0.39, 0.29) is 5.75 Å². The Kier molecular flexibility index (Phi) is 9.27. The van der Waals surface area contributed by atoms with Gasteiger partial charge in [-0.2, -0.15) is 13.2 Å². The van der Waals surface area contributed by atoms with Gasteiger partial charge in [0.1, 0.15) is 18.1 Å². The van der Waals surface area contributed by atoms with E-state index in [1.165, 1.54) is 12.1 Å². The summed E-state index contributed by atoms with van der Waals surface area (Å²) in [6.07, 6.45) is -4.35. The largest absolute Gasteiger partial charge is 0.491 e. The van der Waals surface area contributed by atoms with E-state index in [0.717, 1.165) is 16.9 Å². The number of hydrogen-bond acceptors (Lipinski definition) is 4. The van der Waals surface area contributed by atoms with Gasteiger partial charge in [-0.25, -0.2) is 0 Å². The van der Waals surface area contributed by atoms with Crippen LogP contribution in [0.1, 0.15) is 11.1 Å². The molecule has 0 saturated heterocycles. The van der Waals surface area contributed by atoms with Gasteiger partial charge < -0.3 is 24.8 Å². The summed E-state index contributed by atoms with van der Waals surface area (Å²) in [6.45, 7) is 0.704. The summed E-state index contributed by atoms with van der Waals surface area (Å²) in [5, 5.41) is 6.37. The molecule has 0 fully saturated rings. The van der Waals surface area contributed by atoms with E-state index in [0.29, 0.717) is 32.3 Å². The molecule has 0 aliphatic heterocycles. The molecule has 0 unspecified atom stereocenters. The van der Waals surface area contributed by atoms with Gasteiger partial charge in [0.05, 0.1) is 6.61 Å². The fraction of sp³-hybridized carbons (Fsp3) is 0.381.